The smallest absolute Gasteiger partial charge is 0.328 e. The van der Waals surface area contributed by atoms with Gasteiger partial charge in [0, 0.05) is 50.0 Å². The fourth-order valence-electron chi connectivity index (χ4n) is 3.08. The SMILES string of the molecule is O=C(CCn1ccc(=O)[nH]c1=O)NC1CCN(c2ccc(F)cc2)CC1. The first-order valence-corrected chi connectivity index (χ1v) is 8.61. The molecule has 26 heavy (non-hydrogen) atoms. The quantitative estimate of drug-likeness (QED) is 0.828. The average Bonchev–Trinajstić information content (AvgIpc) is 2.62. The highest BCUT2D eigenvalue weighted by Crippen LogP contribution is 2.20. The van der Waals surface area contributed by atoms with Crippen molar-refractivity contribution in [1.82, 2.24) is 14.9 Å². The molecule has 1 fully saturated rings. The summed E-state index contributed by atoms with van der Waals surface area (Å²) in [5, 5.41) is 2.99. The van der Waals surface area contributed by atoms with Crippen LogP contribution in [0.2, 0.25) is 0 Å². The summed E-state index contributed by atoms with van der Waals surface area (Å²) in [6.07, 6.45) is 3.17. The standard InChI is InChI=1S/C18H21FN4O3/c19-13-1-3-15(4-2-13)22-9-5-14(6-10-22)20-16(24)7-11-23-12-8-17(25)21-18(23)26/h1-4,8,12,14H,5-7,9-11H2,(H,20,24)(H,21,25,26). The van der Waals surface area contributed by atoms with E-state index in [9.17, 15) is 18.8 Å². The molecule has 0 atom stereocenters. The van der Waals surface area contributed by atoms with Crippen LogP contribution in [0.5, 0.6) is 0 Å². The van der Waals surface area contributed by atoms with Crippen LogP contribution in [0.4, 0.5) is 10.1 Å². The van der Waals surface area contributed by atoms with Crippen LogP contribution in [0.1, 0.15) is 19.3 Å². The van der Waals surface area contributed by atoms with Crippen molar-refractivity contribution in [3.8, 4) is 0 Å². The molecule has 2 N–H and O–H groups in total. The van der Waals surface area contributed by atoms with E-state index in [0.29, 0.717) is 0 Å². The number of rotatable bonds is 5. The first kappa shape index (κ1) is 17.9. The number of carbonyl (C=O) groups is 1. The summed E-state index contributed by atoms with van der Waals surface area (Å²) in [4.78, 5) is 39.0. The normalized spacial score (nSPS) is 15.0. The largest absolute Gasteiger partial charge is 0.371 e. The molecule has 1 saturated heterocycles. The summed E-state index contributed by atoms with van der Waals surface area (Å²) < 4.78 is 14.3. The average molecular weight is 360 g/mol. The molecule has 0 radical (unpaired) electrons. The van der Waals surface area contributed by atoms with Gasteiger partial charge in [0.1, 0.15) is 5.82 Å². The zero-order valence-corrected chi connectivity index (χ0v) is 14.3. The Morgan fingerprint density at radius 2 is 1.85 bits per heavy atom. The number of H-pyrrole nitrogens is 1. The zero-order valence-electron chi connectivity index (χ0n) is 14.3. The summed E-state index contributed by atoms with van der Waals surface area (Å²) >= 11 is 0. The molecule has 1 aromatic carbocycles. The Bertz CT molecular complexity index is 867. The Morgan fingerprint density at radius 1 is 1.15 bits per heavy atom. The maximum Gasteiger partial charge on any atom is 0.328 e. The number of anilines is 1. The molecule has 0 aliphatic carbocycles. The van der Waals surface area contributed by atoms with Gasteiger partial charge in [-0.3, -0.25) is 14.6 Å². The zero-order chi connectivity index (χ0) is 18.5. The molecule has 0 saturated carbocycles. The van der Waals surface area contributed by atoms with Crippen molar-refractivity contribution in [2.45, 2.75) is 31.8 Å². The minimum absolute atomic E-state index is 0.0894. The maximum atomic E-state index is 13.0. The van der Waals surface area contributed by atoms with Gasteiger partial charge in [-0.05, 0) is 37.1 Å². The van der Waals surface area contributed by atoms with Crippen LogP contribution in [0.3, 0.4) is 0 Å². The summed E-state index contributed by atoms with van der Waals surface area (Å²) in [6.45, 7) is 1.79. The number of nitrogens with one attached hydrogen (secondary N) is 2. The van der Waals surface area contributed by atoms with Gasteiger partial charge < -0.3 is 14.8 Å². The van der Waals surface area contributed by atoms with Crippen molar-refractivity contribution in [1.29, 1.82) is 0 Å². The molecule has 0 spiro atoms. The minimum Gasteiger partial charge on any atom is -0.371 e. The van der Waals surface area contributed by atoms with Gasteiger partial charge >= 0.3 is 5.69 Å². The van der Waals surface area contributed by atoms with Crippen molar-refractivity contribution in [2.24, 2.45) is 0 Å². The first-order chi connectivity index (χ1) is 12.5. The van der Waals surface area contributed by atoms with Crippen molar-refractivity contribution in [3.63, 3.8) is 0 Å². The van der Waals surface area contributed by atoms with Crippen LogP contribution >= 0.6 is 0 Å². The molecule has 2 heterocycles. The molecular formula is C18H21FN4O3. The highest BCUT2D eigenvalue weighted by atomic mass is 19.1. The molecule has 1 aliphatic rings. The van der Waals surface area contributed by atoms with Crippen LogP contribution in [0.25, 0.3) is 0 Å². The number of aryl methyl sites for hydroxylation is 1. The number of hydrogen-bond donors (Lipinski definition) is 2. The number of halogens is 1. The van der Waals surface area contributed by atoms with E-state index in [4.69, 9.17) is 0 Å². The lowest BCUT2D eigenvalue weighted by Crippen LogP contribution is -2.45. The van der Waals surface area contributed by atoms with Crippen LogP contribution in [0.15, 0.2) is 46.1 Å². The predicted molar refractivity (Wildman–Crippen MR) is 95.7 cm³/mol. The fraction of sp³-hybridized carbons (Fsp3) is 0.389. The van der Waals surface area contributed by atoms with Crippen molar-refractivity contribution in [2.75, 3.05) is 18.0 Å². The number of benzene rings is 1. The number of aromatic amines is 1. The molecule has 2 aromatic rings. The van der Waals surface area contributed by atoms with Gasteiger partial charge in [0.2, 0.25) is 5.91 Å². The number of aromatic nitrogens is 2. The summed E-state index contributed by atoms with van der Waals surface area (Å²) in [5.74, 6) is -0.374. The molecule has 1 aliphatic heterocycles. The van der Waals surface area contributed by atoms with E-state index in [0.717, 1.165) is 31.6 Å². The van der Waals surface area contributed by atoms with E-state index in [1.54, 1.807) is 12.1 Å². The van der Waals surface area contributed by atoms with Gasteiger partial charge in [0.25, 0.3) is 5.56 Å². The molecule has 138 valence electrons. The number of amides is 1. The number of piperidine rings is 1. The Balaban J connectivity index is 1.45. The summed E-state index contributed by atoms with van der Waals surface area (Å²) in [6, 6.07) is 7.76. The molecule has 3 rings (SSSR count). The lowest BCUT2D eigenvalue weighted by Gasteiger charge is -2.34. The monoisotopic (exact) mass is 360 g/mol. The Hall–Kier alpha value is -2.90. The van der Waals surface area contributed by atoms with Crippen LogP contribution in [0, 0.1) is 5.82 Å². The Morgan fingerprint density at radius 3 is 2.50 bits per heavy atom. The molecule has 1 amide bonds. The highest BCUT2D eigenvalue weighted by molar-refractivity contribution is 5.76. The van der Waals surface area contributed by atoms with E-state index in [2.05, 4.69) is 15.2 Å². The minimum atomic E-state index is -0.516. The van der Waals surface area contributed by atoms with Gasteiger partial charge in [-0.1, -0.05) is 0 Å². The first-order valence-electron chi connectivity index (χ1n) is 8.61. The summed E-state index contributed by atoms with van der Waals surface area (Å²) in [7, 11) is 0. The van der Waals surface area contributed by atoms with Gasteiger partial charge in [-0.2, -0.15) is 0 Å². The molecular weight excluding hydrogens is 339 g/mol. The molecule has 0 unspecified atom stereocenters. The Kier molecular flexibility index (Phi) is 5.50. The number of hydrogen-bond acceptors (Lipinski definition) is 4. The van der Waals surface area contributed by atoms with Crippen LogP contribution in [-0.2, 0) is 11.3 Å². The number of nitrogens with zero attached hydrogens (tertiary/aromatic N) is 2. The lowest BCUT2D eigenvalue weighted by atomic mass is 10.0. The van der Waals surface area contributed by atoms with Gasteiger partial charge in [-0.25, -0.2) is 9.18 Å². The van der Waals surface area contributed by atoms with Crippen LogP contribution < -0.4 is 21.5 Å². The van der Waals surface area contributed by atoms with Gasteiger partial charge in [-0.15, -0.1) is 0 Å². The van der Waals surface area contributed by atoms with Crippen LogP contribution in [-0.4, -0.2) is 34.6 Å². The second kappa shape index (κ2) is 7.99. The fourth-order valence-corrected chi connectivity index (χ4v) is 3.08. The van der Waals surface area contributed by atoms with Gasteiger partial charge in [0.15, 0.2) is 0 Å². The van der Waals surface area contributed by atoms with Crippen molar-refractivity contribution >= 4 is 11.6 Å². The van der Waals surface area contributed by atoms with E-state index < -0.39 is 11.2 Å². The molecule has 8 heteroatoms. The highest BCUT2D eigenvalue weighted by Gasteiger charge is 2.20. The topological polar surface area (TPSA) is 87.2 Å². The van der Waals surface area contributed by atoms with Gasteiger partial charge in [0.05, 0.1) is 0 Å². The third-order valence-corrected chi connectivity index (χ3v) is 4.53. The second-order valence-corrected chi connectivity index (χ2v) is 6.36. The predicted octanol–water partition coefficient (Wildman–Crippen LogP) is 0.851. The Labute approximate surface area is 149 Å². The third kappa shape index (κ3) is 4.59. The maximum absolute atomic E-state index is 13.0. The second-order valence-electron chi connectivity index (χ2n) is 6.36. The molecule has 0 bridgehead atoms. The number of carbonyl (C=O) groups excluding carboxylic acids is 1. The summed E-state index contributed by atoms with van der Waals surface area (Å²) in [5.41, 5.74) is 0.00939. The van der Waals surface area contributed by atoms with E-state index >= 15 is 0 Å². The third-order valence-electron chi connectivity index (χ3n) is 4.53. The molecule has 1 aromatic heterocycles. The van der Waals surface area contributed by atoms with E-state index in [1.165, 1.54) is 29.0 Å². The van der Waals surface area contributed by atoms with Crippen molar-refractivity contribution in [3.05, 3.63) is 63.2 Å². The molecule has 7 nitrogen and oxygen atoms in total. The lowest BCUT2D eigenvalue weighted by molar-refractivity contribution is -0.122. The van der Waals surface area contributed by atoms with E-state index in [1.807, 2.05) is 0 Å². The van der Waals surface area contributed by atoms with Crippen molar-refractivity contribution < 1.29 is 9.18 Å². The van der Waals surface area contributed by atoms with E-state index in [-0.39, 0.29) is 30.7 Å².